The van der Waals surface area contributed by atoms with E-state index in [1.807, 2.05) is 0 Å². The topological polar surface area (TPSA) is 140 Å². The zero-order chi connectivity index (χ0) is 12.9. The number of hydrogen-bond acceptors (Lipinski definition) is 4. The molecule has 2 amide bonds. The van der Waals surface area contributed by atoms with Crippen molar-refractivity contribution in [2.24, 2.45) is 11.5 Å². The molecule has 0 unspecified atom stereocenters. The highest BCUT2D eigenvalue weighted by Gasteiger charge is 2.17. The van der Waals surface area contributed by atoms with Gasteiger partial charge in [-0.15, -0.1) is 0 Å². The molecule has 0 aromatic rings. The average molecular weight is 264 g/mol. The monoisotopic (exact) mass is 264 g/mol. The van der Waals surface area contributed by atoms with Crippen LogP contribution in [-0.2, 0) is 0 Å². The Hall–Kier alpha value is -1.42. The molecule has 16 heavy (non-hydrogen) atoms. The first-order valence-electron chi connectivity index (χ1n) is 3.96. The summed E-state index contributed by atoms with van der Waals surface area (Å²) in [5.41, 5.74) is 10.2. The Balaban J connectivity index is 4.50. The number of guanidine groups is 2. The molecule has 0 radical (unpaired) electrons. The van der Waals surface area contributed by atoms with Crippen molar-refractivity contribution < 1.29 is 9.59 Å². The molecule has 0 aliphatic carbocycles. The van der Waals surface area contributed by atoms with Gasteiger partial charge >= 0.3 is 0 Å². The maximum Gasteiger partial charge on any atom is 0.285 e. The Bertz CT molecular complexity index is 273. The lowest BCUT2D eigenvalue weighted by molar-refractivity contribution is 0.232. The zero-order valence-corrected chi connectivity index (χ0v) is 9.96. The van der Waals surface area contributed by atoms with Gasteiger partial charge in [-0.25, -0.2) is 0 Å². The fourth-order valence-electron chi connectivity index (χ4n) is 0.838. The summed E-state index contributed by atoms with van der Waals surface area (Å²) in [6.07, 6.45) is 0. The highest BCUT2D eigenvalue weighted by molar-refractivity contribution is 7.96. The third kappa shape index (κ3) is 4.40. The third-order valence-electron chi connectivity index (χ3n) is 1.59. The molecule has 0 saturated carbocycles. The zero-order valence-electron chi connectivity index (χ0n) is 8.17. The van der Waals surface area contributed by atoms with Crippen molar-refractivity contribution in [3.05, 3.63) is 0 Å². The lowest BCUT2D eigenvalue weighted by Gasteiger charge is -2.23. The van der Waals surface area contributed by atoms with E-state index in [1.165, 1.54) is 0 Å². The Kier molecular flexibility index (Phi) is 5.67. The maximum absolute atomic E-state index is 10.9. The van der Waals surface area contributed by atoms with Gasteiger partial charge in [0.15, 0.2) is 11.9 Å². The van der Waals surface area contributed by atoms with Crippen LogP contribution in [0.15, 0.2) is 0 Å². The van der Waals surface area contributed by atoms with Crippen molar-refractivity contribution >= 4 is 47.7 Å². The molecule has 8 nitrogen and oxygen atoms in total. The minimum absolute atomic E-state index is 0.0937. The van der Waals surface area contributed by atoms with Crippen molar-refractivity contribution in [2.45, 2.75) is 0 Å². The van der Waals surface area contributed by atoms with Crippen LogP contribution < -0.4 is 11.5 Å². The van der Waals surface area contributed by atoms with E-state index in [1.54, 1.807) is 0 Å². The van der Waals surface area contributed by atoms with Gasteiger partial charge in [0.1, 0.15) is 0 Å². The van der Waals surface area contributed by atoms with E-state index in [0.29, 0.717) is 0 Å². The molecular formula is C6H12N6O2S2. The molecule has 0 rings (SSSR count). The first kappa shape index (κ1) is 14.6. The molecule has 0 fully saturated rings. The van der Waals surface area contributed by atoms with Crippen molar-refractivity contribution in [1.82, 2.24) is 9.80 Å². The average Bonchev–Trinajstić information content (AvgIpc) is 2.09. The number of hydrogen-bond donors (Lipinski definition) is 6. The molecule has 90 valence electrons. The number of carbonyl (C=O) groups is 2. The van der Waals surface area contributed by atoms with Crippen LogP contribution in [0.5, 0.6) is 0 Å². The van der Waals surface area contributed by atoms with Gasteiger partial charge in [0.25, 0.3) is 10.5 Å². The summed E-state index contributed by atoms with van der Waals surface area (Å²) in [5, 5.41) is 12.7. The number of carbonyl (C=O) groups excluding carboxylic acids is 2. The lowest BCUT2D eigenvalue weighted by atomic mass is 10.5. The summed E-state index contributed by atoms with van der Waals surface area (Å²) in [6.45, 7) is -0.187. The molecule has 0 spiro atoms. The van der Waals surface area contributed by atoms with Crippen LogP contribution in [-0.4, -0.2) is 45.3 Å². The summed E-state index contributed by atoms with van der Waals surface area (Å²) in [6, 6.07) is 0. The van der Waals surface area contributed by atoms with E-state index in [-0.39, 0.29) is 13.1 Å². The predicted molar refractivity (Wildman–Crippen MR) is 66.0 cm³/mol. The van der Waals surface area contributed by atoms with Gasteiger partial charge in [-0.2, -0.15) is 0 Å². The molecule has 0 atom stereocenters. The summed E-state index contributed by atoms with van der Waals surface area (Å²) in [5.74, 6) is -1.01. The molecular weight excluding hydrogens is 252 g/mol. The quantitative estimate of drug-likeness (QED) is 0.232. The van der Waals surface area contributed by atoms with Gasteiger partial charge in [0.2, 0.25) is 0 Å². The lowest BCUT2D eigenvalue weighted by Crippen LogP contribution is -2.47. The van der Waals surface area contributed by atoms with Crippen molar-refractivity contribution in [3.63, 3.8) is 0 Å². The van der Waals surface area contributed by atoms with Crippen molar-refractivity contribution in [2.75, 3.05) is 13.1 Å². The second kappa shape index (κ2) is 6.23. The summed E-state index contributed by atoms with van der Waals surface area (Å²) in [7, 11) is 0. The number of nitrogens with two attached hydrogens (primary N) is 2. The van der Waals surface area contributed by atoms with Crippen LogP contribution in [0.4, 0.5) is 9.59 Å². The Morgan fingerprint density at radius 1 is 0.938 bits per heavy atom. The van der Waals surface area contributed by atoms with Crippen molar-refractivity contribution in [1.29, 1.82) is 10.8 Å². The normalized spacial score (nSPS) is 9.38. The Morgan fingerprint density at radius 2 is 1.19 bits per heavy atom. The van der Waals surface area contributed by atoms with E-state index >= 15 is 0 Å². The molecule has 0 aliphatic rings. The summed E-state index contributed by atoms with van der Waals surface area (Å²) < 4.78 is 0. The van der Waals surface area contributed by atoms with Gasteiger partial charge in [0, 0.05) is 13.1 Å². The highest BCUT2D eigenvalue weighted by atomic mass is 32.1. The van der Waals surface area contributed by atoms with E-state index in [2.05, 4.69) is 25.3 Å². The van der Waals surface area contributed by atoms with Crippen LogP contribution in [0, 0.1) is 10.8 Å². The number of nitrogens with zero attached hydrogens (tertiary/aromatic N) is 2. The molecule has 0 aromatic heterocycles. The second-order valence-corrected chi connectivity index (χ2v) is 3.40. The molecule has 0 aliphatic heterocycles. The second-order valence-electron chi connectivity index (χ2n) is 2.64. The SMILES string of the molecule is N=C(N)N(CCN(C(=N)N)C(=O)S)C(=O)S. The first-order chi connectivity index (χ1) is 7.27. The third-order valence-corrected chi connectivity index (χ3v) is 2.07. The smallest absolute Gasteiger partial charge is 0.285 e. The van der Waals surface area contributed by atoms with Gasteiger partial charge in [0.05, 0.1) is 0 Å². The molecule has 0 bridgehead atoms. The molecule has 6 N–H and O–H groups in total. The standard InChI is InChI=1S/C6H12N6O2S2/c7-3(8)11(5(13)15)1-2-12(4(9)10)6(14)16/h1-2H2,(H3,7,8)(H3,9,10)(H,13,15)(H,14,16). The minimum atomic E-state index is -0.734. The van der Waals surface area contributed by atoms with Gasteiger partial charge < -0.3 is 11.5 Å². The number of thiol groups is 2. The van der Waals surface area contributed by atoms with Crippen LogP contribution in [0.25, 0.3) is 0 Å². The van der Waals surface area contributed by atoms with Gasteiger partial charge in [-0.05, 0) is 0 Å². The minimum Gasteiger partial charge on any atom is -0.370 e. The maximum atomic E-state index is 10.9. The van der Waals surface area contributed by atoms with Crippen LogP contribution in [0.1, 0.15) is 0 Å². The highest BCUT2D eigenvalue weighted by Crippen LogP contribution is 1.99. The van der Waals surface area contributed by atoms with E-state index in [4.69, 9.17) is 22.3 Å². The fraction of sp³-hybridized carbons (Fsp3) is 0.333. The van der Waals surface area contributed by atoms with Gasteiger partial charge in [-0.3, -0.25) is 30.2 Å². The Morgan fingerprint density at radius 3 is 1.31 bits per heavy atom. The number of rotatable bonds is 3. The van der Waals surface area contributed by atoms with E-state index < -0.39 is 22.4 Å². The van der Waals surface area contributed by atoms with E-state index in [0.717, 1.165) is 9.80 Å². The molecule has 10 heteroatoms. The fourth-order valence-corrected chi connectivity index (χ4v) is 1.25. The van der Waals surface area contributed by atoms with Crippen LogP contribution >= 0.6 is 25.3 Å². The van der Waals surface area contributed by atoms with Crippen molar-refractivity contribution in [3.8, 4) is 0 Å². The van der Waals surface area contributed by atoms with Crippen LogP contribution in [0.2, 0.25) is 0 Å². The summed E-state index contributed by atoms with van der Waals surface area (Å²) in [4.78, 5) is 23.4. The van der Waals surface area contributed by atoms with Crippen LogP contribution in [0.3, 0.4) is 0 Å². The predicted octanol–water partition coefficient (Wildman–Crippen LogP) is -0.523. The van der Waals surface area contributed by atoms with Gasteiger partial charge in [-0.1, -0.05) is 25.3 Å². The Labute approximate surface area is 103 Å². The largest absolute Gasteiger partial charge is 0.370 e. The summed E-state index contributed by atoms with van der Waals surface area (Å²) >= 11 is 6.99. The molecule has 0 aromatic carbocycles. The van der Waals surface area contributed by atoms with E-state index in [9.17, 15) is 9.59 Å². The number of nitrogens with one attached hydrogen (secondary N) is 2. The first-order valence-corrected chi connectivity index (χ1v) is 4.85. The molecule has 0 heterocycles. The molecule has 0 saturated heterocycles. The number of amides is 2.